The van der Waals surface area contributed by atoms with E-state index in [-0.39, 0.29) is 6.42 Å². The predicted octanol–water partition coefficient (Wildman–Crippen LogP) is 1.55. The molecule has 1 rings (SSSR count). The fraction of sp³-hybridized carbons (Fsp3) is 0.429. The Kier molecular flexibility index (Phi) is 5.51. The van der Waals surface area contributed by atoms with Crippen molar-refractivity contribution in [2.24, 2.45) is 0 Å². The number of ether oxygens (including phenoxy) is 3. The number of carbonyl (C=O) groups excluding carboxylic acids is 2. The van der Waals surface area contributed by atoms with Crippen molar-refractivity contribution in [3.05, 3.63) is 38.0 Å². The van der Waals surface area contributed by atoms with Gasteiger partial charge in [0.1, 0.15) is 12.2 Å². The molecule has 0 bridgehead atoms. The van der Waals surface area contributed by atoms with Gasteiger partial charge >= 0.3 is 11.9 Å². The van der Waals surface area contributed by atoms with Gasteiger partial charge in [-0.1, -0.05) is 18.2 Å². The molecule has 0 aromatic carbocycles. The molecule has 0 saturated carbocycles. The SMILES string of the molecule is C=CCC(=O)O[C@H]1[C@@H](OC(C)=O)[C@@H](C=C)O[C@H]1C=C. The Bertz CT molecular complexity index is 387. The number of esters is 2. The summed E-state index contributed by atoms with van der Waals surface area (Å²) in [5, 5.41) is 0. The smallest absolute Gasteiger partial charge is 0.310 e. The van der Waals surface area contributed by atoms with Crippen molar-refractivity contribution in [3.8, 4) is 0 Å². The van der Waals surface area contributed by atoms with Crippen molar-refractivity contribution < 1.29 is 23.8 Å². The molecule has 5 nitrogen and oxygen atoms in total. The fourth-order valence-electron chi connectivity index (χ4n) is 1.87. The predicted molar refractivity (Wildman–Crippen MR) is 69.3 cm³/mol. The van der Waals surface area contributed by atoms with Gasteiger partial charge in [0.25, 0.3) is 0 Å². The van der Waals surface area contributed by atoms with E-state index in [9.17, 15) is 9.59 Å². The fourth-order valence-corrected chi connectivity index (χ4v) is 1.87. The summed E-state index contributed by atoms with van der Waals surface area (Å²) in [7, 11) is 0. The average Bonchev–Trinajstić information content (AvgIpc) is 2.67. The van der Waals surface area contributed by atoms with E-state index in [2.05, 4.69) is 19.7 Å². The summed E-state index contributed by atoms with van der Waals surface area (Å²) < 4.78 is 16.0. The lowest BCUT2D eigenvalue weighted by molar-refractivity contribution is -0.163. The van der Waals surface area contributed by atoms with Crippen LogP contribution in [0.15, 0.2) is 38.0 Å². The summed E-state index contributed by atoms with van der Waals surface area (Å²) in [5.74, 6) is -0.938. The Morgan fingerprint density at radius 2 is 1.63 bits per heavy atom. The third-order valence-electron chi connectivity index (χ3n) is 2.63. The number of carbonyl (C=O) groups is 2. The van der Waals surface area contributed by atoms with Gasteiger partial charge in [0.2, 0.25) is 0 Å². The second-order valence-corrected chi connectivity index (χ2v) is 4.06. The Hall–Kier alpha value is -1.88. The van der Waals surface area contributed by atoms with Gasteiger partial charge in [0.05, 0.1) is 6.42 Å². The van der Waals surface area contributed by atoms with Crippen LogP contribution >= 0.6 is 0 Å². The van der Waals surface area contributed by atoms with E-state index in [1.54, 1.807) is 0 Å². The lowest BCUT2D eigenvalue weighted by Crippen LogP contribution is -2.39. The van der Waals surface area contributed by atoms with Crippen LogP contribution in [-0.2, 0) is 23.8 Å². The molecule has 0 unspecified atom stereocenters. The zero-order chi connectivity index (χ0) is 14.4. The van der Waals surface area contributed by atoms with Gasteiger partial charge in [0.15, 0.2) is 12.2 Å². The molecular formula is C14H18O5. The van der Waals surface area contributed by atoms with Crippen LogP contribution < -0.4 is 0 Å². The lowest BCUT2D eigenvalue weighted by Gasteiger charge is -2.22. The van der Waals surface area contributed by atoms with Crippen molar-refractivity contribution in [3.63, 3.8) is 0 Å². The monoisotopic (exact) mass is 266 g/mol. The Labute approximate surface area is 112 Å². The number of hydrogen-bond donors (Lipinski definition) is 0. The van der Waals surface area contributed by atoms with Crippen LogP contribution in [0.25, 0.3) is 0 Å². The molecule has 1 aliphatic heterocycles. The molecule has 5 heteroatoms. The quantitative estimate of drug-likeness (QED) is 0.539. The van der Waals surface area contributed by atoms with Crippen molar-refractivity contribution in [1.82, 2.24) is 0 Å². The maximum Gasteiger partial charge on any atom is 0.310 e. The molecule has 0 aromatic rings. The molecule has 0 aromatic heterocycles. The minimum Gasteiger partial charge on any atom is -0.455 e. The molecule has 0 N–H and O–H groups in total. The third-order valence-corrected chi connectivity index (χ3v) is 2.63. The van der Waals surface area contributed by atoms with Crippen molar-refractivity contribution in [2.45, 2.75) is 37.8 Å². The van der Waals surface area contributed by atoms with E-state index in [4.69, 9.17) is 14.2 Å². The largest absolute Gasteiger partial charge is 0.455 e. The van der Waals surface area contributed by atoms with Crippen LogP contribution in [0, 0.1) is 0 Å². The summed E-state index contributed by atoms with van der Waals surface area (Å²) in [5.41, 5.74) is 0. The van der Waals surface area contributed by atoms with Crippen molar-refractivity contribution in [2.75, 3.05) is 0 Å². The summed E-state index contributed by atoms with van der Waals surface area (Å²) in [6.45, 7) is 12.0. The van der Waals surface area contributed by atoms with Crippen molar-refractivity contribution >= 4 is 11.9 Å². The second kappa shape index (κ2) is 6.89. The molecule has 1 saturated heterocycles. The van der Waals surface area contributed by atoms with Gasteiger partial charge in [-0.2, -0.15) is 0 Å². The van der Waals surface area contributed by atoms with Crippen LogP contribution in [0.5, 0.6) is 0 Å². The maximum absolute atomic E-state index is 11.5. The van der Waals surface area contributed by atoms with Gasteiger partial charge in [-0.05, 0) is 0 Å². The zero-order valence-electron chi connectivity index (χ0n) is 10.9. The van der Waals surface area contributed by atoms with E-state index in [1.165, 1.54) is 25.2 Å². The number of hydrogen-bond acceptors (Lipinski definition) is 5. The van der Waals surface area contributed by atoms with E-state index in [0.717, 1.165) is 0 Å². The average molecular weight is 266 g/mol. The highest BCUT2D eigenvalue weighted by Gasteiger charge is 2.46. The molecule has 4 atom stereocenters. The standard InChI is InChI=1S/C14H18O5/c1-5-8-12(16)19-14-11(7-3)18-10(6-2)13(14)17-9(4)15/h5-7,10-11,13-14H,1-3,8H2,4H3/t10-,11+,13+,14-/m1/s1. The minimum absolute atomic E-state index is 0.0753. The van der Waals surface area contributed by atoms with E-state index in [1.807, 2.05) is 0 Å². The summed E-state index contributed by atoms with van der Waals surface area (Å²) in [6.07, 6.45) is 2.01. The first kappa shape index (κ1) is 15.2. The van der Waals surface area contributed by atoms with Crippen LogP contribution in [0.3, 0.4) is 0 Å². The molecule has 0 amide bonds. The molecule has 1 heterocycles. The molecule has 1 fully saturated rings. The van der Waals surface area contributed by atoms with Crippen molar-refractivity contribution in [1.29, 1.82) is 0 Å². The summed E-state index contributed by atoms with van der Waals surface area (Å²) >= 11 is 0. The highest BCUT2D eigenvalue weighted by Crippen LogP contribution is 2.28. The molecular weight excluding hydrogens is 248 g/mol. The Morgan fingerprint density at radius 3 is 2.05 bits per heavy atom. The van der Waals surface area contributed by atoms with Gasteiger partial charge in [-0.3, -0.25) is 9.59 Å². The van der Waals surface area contributed by atoms with Crippen LogP contribution in [0.1, 0.15) is 13.3 Å². The lowest BCUT2D eigenvalue weighted by atomic mass is 10.1. The highest BCUT2D eigenvalue weighted by atomic mass is 16.6. The van der Waals surface area contributed by atoms with Crippen LogP contribution in [-0.4, -0.2) is 36.4 Å². The third kappa shape index (κ3) is 3.79. The summed E-state index contributed by atoms with van der Waals surface area (Å²) in [4.78, 5) is 22.7. The maximum atomic E-state index is 11.5. The topological polar surface area (TPSA) is 61.8 Å². The zero-order valence-corrected chi connectivity index (χ0v) is 10.9. The first-order chi connectivity index (χ1) is 9.03. The molecule has 0 aliphatic carbocycles. The van der Waals surface area contributed by atoms with Gasteiger partial charge in [-0.15, -0.1) is 19.7 Å². The van der Waals surface area contributed by atoms with Gasteiger partial charge < -0.3 is 14.2 Å². The Morgan fingerprint density at radius 1 is 1.11 bits per heavy atom. The van der Waals surface area contributed by atoms with E-state index in [0.29, 0.717) is 0 Å². The first-order valence-electron chi connectivity index (χ1n) is 5.91. The molecule has 104 valence electrons. The van der Waals surface area contributed by atoms with Gasteiger partial charge in [0, 0.05) is 6.92 Å². The highest BCUT2D eigenvalue weighted by molar-refractivity contribution is 5.71. The van der Waals surface area contributed by atoms with Crippen LogP contribution in [0.2, 0.25) is 0 Å². The van der Waals surface area contributed by atoms with Gasteiger partial charge in [-0.25, -0.2) is 0 Å². The first-order valence-corrected chi connectivity index (χ1v) is 5.91. The Balaban J connectivity index is 2.87. The molecule has 0 spiro atoms. The van der Waals surface area contributed by atoms with Crippen LogP contribution in [0.4, 0.5) is 0 Å². The minimum atomic E-state index is -0.725. The van der Waals surface area contributed by atoms with E-state index < -0.39 is 36.4 Å². The molecule has 1 aliphatic rings. The summed E-state index contributed by atoms with van der Waals surface area (Å²) in [6, 6.07) is 0. The van der Waals surface area contributed by atoms with E-state index >= 15 is 0 Å². The second-order valence-electron chi connectivity index (χ2n) is 4.06. The normalized spacial score (nSPS) is 29.3. The molecule has 0 radical (unpaired) electrons. The molecule has 19 heavy (non-hydrogen) atoms. The number of rotatable bonds is 6.